The third-order valence-electron chi connectivity index (χ3n) is 3.60. The number of oxime groups is 1. The average molecular weight is 356 g/mol. The van der Waals surface area contributed by atoms with E-state index < -0.39 is 17.7 Å². The van der Waals surface area contributed by atoms with Gasteiger partial charge in [0.05, 0.1) is 17.9 Å². The Balaban J connectivity index is 2.70. The number of carbonyl (C=O) groups excluding carboxylic acids is 2. The van der Waals surface area contributed by atoms with Crippen molar-refractivity contribution in [1.29, 1.82) is 0 Å². The highest BCUT2D eigenvalue weighted by Crippen LogP contribution is 2.17. The summed E-state index contributed by atoms with van der Waals surface area (Å²) in [5, 5.41) is 6.79. The molecule has 0 aliphatic rings. The van der Waals surface area contributed by atoms with Gasteiger partial charge in [-0.1, -0.05) is 22.8 Å². The first-order valence-corrected chi connectivity index (χ1v) is 7.75. The van der Waals surface area contributed by atoms with Gasteiger partial charge in [0.2, 0.25) is 0 Å². The number of amides is 2. The molecule has 1 aromatic carbocycles. The van der Waals surface area contributed by atoms with Crippen molar-refractivity contribution < 1.29 is 19.2 Å². The van der Waals surface area contributed by atoms with E-state index in [-0.39, 0.29) is 6.61 Å². The minimum absolute atomic E-state index is 0.272. The molecule has 1 rings (SSSR count). The van der Waals surface area contributed by atoms with E-state index in [1.807, 2.05) is 0 Å². The smallest absolute Gasteiger partial charge is 0.437 e. The average Bonchev–Trinajstić information content (AvgIpc) is 2.51. The Morgan fingerprint density at radius 1 is 1.38 bits per heavy atom. The Morgan fingerprint density at radius 3 is 2.62 bits per heavy atom. The molecule has 0 heterocycles. The highest BCUT2D eigenvalue weighted by atomic mass is 35.5. The number of hydrogen-bond donors (Lipinski definition) is 1. The lowest BCUT2D eigenvalue weighted by atomic mass is 9.98. The lowest BCUT2D eigenvalue weighted by Gasteiger charge is -2.34. The van der Waals surface area contributed by atoms with Crippen LogP contribution in [0, 0.1) is 0 Å². The number of ether oxygens (including phenoxy) is 1. The molecule has 1 aromatic rings. The Kier molecular flexibility index (Phi) is 7.03. The third-order valence-corrected chi connectivity index (χ3v) is 3.84. The van der Waals surface area contributed by atoms with Gasteiger partial charge in [-0.25, -0.2) is 9.59 Å². The van der Waals surface area contributed by atoms with Crippen molar-refractivity contribution >= 4 is 35.2 Å². The molecule has 0 saturated carbocycles. The van der Waals surface area contributed by atoms with Crippen LogP contribution in [-0.2, 0) is 9.57 Å². The van der Waals surface area contributed by atoms with E-state index in [0.717, 1.165) is 0 Å². The summed E-state index contributed by atoms with van der Waals surface area (Å²) in [4.78, 5) is 29.8. The van der Waals surface area contributed by atoms with Gasteiger partial charge in [-0.05, 0) is 45.9 Å². The highest BCUT2D eigenvalue weighted by molar-refractivity contribution is 6.30. The Bertz CT molecular complexity index is 632. The van der Waals surface area contributed by atoms with E-state index in [0.29, 0.717) is 16.4 Å². The molecule has 1 N–H and O–H groups in total. The number of halogens is 1. The van der Waals surface area contributed by atoms with E-state index in [4.69, 9.17) is 21.2 Å². The van der Waals surface area contributed by atoms with Gasteiger partial charge in [-0.3, -0.25) is 10.2 Å². The summed E-state index contributed by atoms with van der Waals surface area (Å²) in [5.74, 6) is 0. The van der Waals surface area contributed by atoms with Gasteiger partial charge in [-0.15, -0.1) is 0 Å². The van der Waals surface area contributed by atoms with Crippen LogP contribution >= 0.6 is 11.6 Å². The van der Waals surface area contributed by atoms with Gasteiger partial charge in [-0.2, -0.15) is 0 Å². The maximum Gasteiger partial charge on any atom is 0.437 e. The minimum atomic E-state index is -0.789. The molecule has 0 aromatic heterocycles. The maximum atomic E-state index is 11.8. The van der Waals surface area contributed by atoms with Crippen molar-refractivity contribution in [1.82, 2.24) is 4.90 Å². The molecule has 0 saturated heterocycles. The first-order valence-electron chi connectivity index (χ1n) is 7.37. The lowest BCUT2D eigenvalue weighted by molar-refractivity contribution is 0.0955. The summed E-state index contributed by atoms with van der Waals surface area (Å²) < 4.78 is 4.96. The number of carbonyl (C=O) groups is 2. The Labute approximate surface area is 146 Å². The van der Waals surface area contributed by atoms with Gasteiger partial charge in [0.1, 0.15) is 0 Å². The van der Waals surface area contributed by atoms with Crippen molar-refractivity contribution in [3.63, 3.8) is 0 Å². The molecular weight excluding hydrogens is 334 g/mol. The fourth-order valence-electron chi connectivity index (χ4n) is 1.62. The van der Waals surface area contributed by atoms with Gasteiger partial charge < -0.3 is 9.64 Å². The van der Waals surface area contributed by atoms with E-state index in [9.17, 15) is 9.59 Å². The third kappa shape index (κ3) is 5.42. The largest absolute Gasteiger partial charge is 0.450 e. The summed E-state index contributed by atoms with van der Waals surface area (Å²) in [5.41, 5.74) is 0.130. The minimum Gasteiger partial charge on any atom is -0.450 e. The summed E-state index contributed by atoms with van der Waals surface area (Å²) in [6.45, 7) is 7.18. The number of nitrogens with one attached hydrogen (secondary N) is 1. The maximum absolute atomic E-state index is 11.8. The lowest BCUT2D eigenvalue weighted by Crippen LogP contribution is -2.50. The van der Waals surface area contributed by atoms with Gasteiger partial charge in [0.25, 0.3) is 0 Å². The normalized spacial score (nSPS) is 11.7. The molecule has 0 unspecified atom stereocenters. The molecule has 0 aliphatic heterocycles. The summed E-state index contributed by atoms with van der Waals surface area (Å²) in [7, 11) is 1.59. The van der Waals surface area contributed by atoms with E-state index >= 15 is 0 Å². The van der Waals surface area contributed by atoms with Crippen LogP contribution in [-0.4, -0.2) is 42.0 Å². The van der Waals surface area contributed by atoms with E-state index in [1.54, 1.807) is 59.0 Å². The van der Waals surface area contributed by atoms with Crippen molar-refractivity contribution in [3.05, 3.63) is 29.3 Å². The number of hydrogen-bond acceptors (Lipinski definition) is 5. The van der Waals surface area contributed by atoms with Crippen LogP contribution in [0.15, 0.2) is 29.4 Å². The summed E-state index contributed by atoms with van der Waals surface area (Å²) >= 11 is 5.84. The summed E-state index contributed by atoms with van der Waals surface area (Å²) in [6.07, 6.45) is -1.24. The number of benzene rings is 1. The van der Waals surface area contributed by atoms with Crippen LogP contribution in [0.2, 0.25) is 5.02 Å². The molecule has 132 valence electrons. The molecule has 2 amide bonds. The van der Waals surface area contributed by atoms with Crippen LogP contribution in [0.4, 0.5) is 15.3 Å². The zero-order valence-corrected chi connectivity index (χ0v) is 15.2. The van der Waals surface area contributed by atoms with Crippen LogP contribution < -0.4 is 5.32 Å². The molecule has 0 aliphatic carbocycles. The van der Waals surface area contributed by atoms with Crippen molar-refractivity contribution in [2.75, 3.05) is 19.0 Å². The van der Waals surface area contributed by atoms with Crippen LogP contribution in [0.25, 0.3) is 0 Å². The first kappa shape index (κ1) is 19.8. The highest BCUT2D eigenvalue weighted by Gasteiger charge is 2.32. The topological polar surface area (TPSA) is 80.2 Å². The van der Waals surface area contributed by atoms with E-state index in [1.165, 1.54) is 4.90 Å². The standard InChI is InChI=1S/C16H22ClN3O4/c1-6-23-15(22)20(5)16(3,4)11(2)19-24-14(21)18-13-9-7-8-12(17)10-13/h7-10H,6H2,1-5H3,(H,18,21)/b19-11-. The quantitative estimate of drug-likeness (QED) is 0.489. The molecule has 24 heavy (non-hydrogen) atoms. The molecule has 0 fully saturated rings. The van der Waals surface area contributed by atoms with Crippen molar-refractivity contribution in [2.24, 2.45) is 5.16 Å². The molecule has 8 heteroatoms. The zero-order chi connectivity index (χ0) is 18.3. The van der Waals surface area contributed by atoms with E-state index in [2.05, 4.69) is 10.5 Å². The fourth-order valence-corrected chi connectivity index (χ4v) is 1.81. The number of nitrogens with zero attached hydrogens (tertiary/aromatic N) is 2. The second-order valence-corrected chi connectivity index (χ2v) is 5.94. The molecule has 0 spiro atoms. The molecule has 0 radical (unpaired) electrons. The van der Waals surface area contributed by atoms with Gasteiger partial charge >= 0.3 is 12.2 Å². The fraction of sp³-hybridized carbons (Fsp3) is 0.438. The number of anilines is 1. The monoisotopic (exact) mass is 355 g/mol. The Hall–Kier alpha value is -2.28. The van der Waals surface area contributed by atoms with Crippen LogP contribution in [0.1, 0.15) is 27.7 Å². The zero-order valence-electron chi connectivity index (χ0n) is 14.4. The second kappa shape index (κ2) is 8.54. The first-order chi connectivity index (χ1) is 11.2. The van der Waals surface area contributed by atoms with Crippen LogP contribution in [0.3, 0.4) is 0 Å². The molecular formula is C16H22ClN3O4. The summed E-state index contributed by atoms with van der Waals surface area (Å²) in [6, 6.07) is 6.64. The predicted molar refractivity (Wildman–Crippen MR) is 93.5 cm³/mol. The van der Waals surface area contributed by atoms with Gasteiger partial charge in [0.15, 0.2) is 0 Å². The van der Waals surface area contributed by atoms with Crippen molar-refractivity contribution in [3.8, 4) is 0 Å². The van der Waals surface area contributed by atoms with Crippen LogP contribution in [0.5, 0.6) is 0 Å². The Morgan fingerprint density at radius 2 is 2.04 bits per heavy atom. The molecule has 0 bridgehead atoms. The molecule has 7 nitrogen and oxygen atoms in total. The van der Waals surface area contributed by atoms with Crippen molar-refractivity contribution in [2.45, 2.75) is 33.2 Å². The second-order valence-electron chi connectivity index (χ2n) is 5.51. The molecule has 0 atom stereocenters. The van der Waals surface area contributed by atoms with Gasteiger partial charge in [0, 0.05) is 17.8 Å². The number of rotatable bonds is 5. The SMILES string of the molecule is CCOC(=O)N(C)C(C)(C)/C(C)=N\OC(=O)Nc1cccc(Cl)c1. The predicted octanol–water partition coefficient (Wildman–Crippen LogP) is 4.13.